The third-order valence-electron chi connectivity index (χ3n) is 3.34. The predicted molar refractivity (Wildman–Crippen MR) is 61.8 cm³/mol. The summed E-state index contributed by atoms with van der Waals surface area (Å²) in [4.78, 5) is 11.5. The molecule has 0 radical (unpaired) electrons. The molecule has 3 atom stereocenters. The summed E-state index contributed by atoms with van der Waals surface area (Å²) >= 11 is 0. The zero-order valence-electron chi connectivity index (χ0n) is 10.0. The normalized spacial score (nSPS) is 27.4. The summed E-state index contributed by atoms with van der Waals surface area (Å²) in [5.41, 5.74) is 5.58. The van der Waals surface area contributed by atoms with Gasteiger partial charge in [0.2, 0.25) is 0 Å². The smallest absolute Gasteiger partial charge is 0.323 e. The van der Waals surface area contributed by atoms with E-state index in [9.17, 15) is 4.79 Å². The molecule has 0 saturated heterocycles. The quantitative estimate of drug-likeness (QED) is 0.695. The van der Waals surface area contributed by atoms with Crippen LogP contribution in [0.3, 0.4) is 0 Å². The molecule has 2 unspecified atom stereocenters. The van der Waals surface area contributed by atoms with Crippen LogP contribution >= 0.6 is 0 Å². The lowest BCUT2D eigenvalue weighted by molar-refractivity contribution is -0.153. The molecule has 4 heteroatoms. The van der Waals surface area contributed by atoms with Gasteiger partial charge in [0.15, 0.2) is 0 Å². The lowest BCUT2D eigenvalue weighted by atomic mass is 9.85. The van der Waals surface area contributed by atoms with E-state index >= 15 is 0 Å². The van der Waals surface area contributed by atoms with Crippen molar-refractivity contribution in [2.24, 2.45) is 11.7 Å². The van der Waals surface area contributed by atoms with E-state index in [1.54, 1.807) is 0 Å². The number of esters is 1. The number of nitrogens with two attached hydrogens (primary N) is 1. The van der Waals surface area contributed by atoms with Crippen LogP contribution in [0.25, 0.3) is 0 Å². The van der Waals surface area contributed by atoms with Crippen molar-refractivity contribution in [3.05, 3.63) is 0 Å². The van der Waals surface area contributed by atoms with Crippen LogP contribution in [0.1, 0.15) is 45.4 Å². The van der Waals surface area contributed by atoms with E-state index in [1.807, 2.05) is 0 Å². The highest BCUT2D eigenvalue weighted by atomic mass is 16.5. The molecule has 0 amide bonds. The van der Waals surface area contributed by atoms with Crippen LogP contribution < -0.4 is 5.73 Å². The molecule has 0 bridgehead atoms. The molecule has 0 aromatic rings. The first-order valence-corrected chi connectivity index (χ1v) is 6.24. The second-order valence-corrected chi connectivity index (χ2v) is 4.62. The van der Waals surface area contributed by atoms with E-state index in [4.69, 9.17) is 15.6 Å². The zero-order valence-corrected chi connectivity index (χ0v) is 10.0. The molecule has 0 aliphatic heterocycles. The minimum atomic E-state index is -0.674. The highest BCUT2D eigenvalue weighted by molar-refractivity contribution is 5.75. The number of rotatable bonds is 5. The average Bonchev–Trinajstić information content (AvgIpc) is 2.29. The Hall–Kier alpha value is -0.610. The Labute approximate surface area is 97.2 Å². The molecule has 1 saturated carbocycles. The Morgan fingerprint density at radius 1 is 1.56 bits per heavy atom. The molecule has 1 aliphatic rings. The van der Waals surface area contributed by atoms with E-state index in [2.05, 4.69) is 6.92 Å². The van der Waals surface area contributed by atoms with Crippen molar-refractivity contribution in [3.63, 3.8) is 0 Å². The number of ether oxygens (including phenoxy) is 1. The number of hydrogen-bond acceptors (Lipinski definition) is 4. The van der Waals surface area contributed by atoms with E-state index in [1.165, 1.54) is 6.42 Å². The Bertz CT molecular complexity index is 220. The zero-order chi connectivity index (χ0) is 12.0. The first-order valence-electron chi connectivity index (χ1n) is 6.24. The summed E-state index contributed by atoms with van der Waals surface area (Å²) in [5.74, 6) is 0.316. The third kappa shape index (κ3) is 4.10. The van der Waals surface area contributed by atoms with Gasteiger partial charge in [0, 0.05) is 6.61 Å². The van der Waals surface area contributed by atoms with Crippen molar-refractivity contribution in [1.29, 1.82) is 0 Å². The van der Waals surface area contributed by atoms with Crippen LogP contribution in [-0.4, -0.2) is 29.8 Å². The van der Waals surface area contributed by atoms with Gasteiger partial charge in [-0.25, -0.2) is 0 Å². The molecular formula is C12H23NO3. The van der Waals surface area contributed by atoms with Gasteiger partial charge in [-0.1, -0.05) is 19.8 Å². The summed E-state index contributed by atoms with van der Waals surface area (Å²) in [6.45, 7) is 2.10. The number of aliphatic hydroxyl groups is 1. The molecule has 0 heterocycles. The predicted octanol–water partition coefficient (Wildman–Crippen LogP) is 1.21. The number of carbonyl (C=O) groups excluding carboxylic acids is 1. The van der Waals surface area contributed by atoms with Crippen molar-refractivity contribution in [1.82, 2.24) is 0 Å². The van der Waals surface area contributed by atoms with Crippen LogP contribution in [0.4, 0.5) is 0 Å². The molecule has 0 spiro atoms. The first kappa shape index (κ1) is 13.5. The van der Waals surface area contributed by atoms with Gasteiger partial charge in [-0.3, -0.25) is 4.79 Å². The second kappa shape index (κ2) is 6.86. The van der Waals surface area contributed by atoms with Crippen molar-refractivity contribution in [3.8, 4) is 0 Å². The SMILES string of the molecule is CCC1CCCC(OC(=O)[C@H](N)CCO)C1. The summed E-state index contributed by atoms with van der Waals surface area (Å²) in [5, 5.41) is 8.68. The average molecular weight is 229 g/mol. The summed E-state index contributed by atoms with van der Waals surface area (Å²) in [6, 6.07) is -0.674. The van der Waals surface area contributed by atoms with E-state index in [-0.39, 0.29) is 25.1 Å². The van der Waals surface area contributed by atoms with Crippen LogP contribution in [0.2, 0.25) is 0 Å². The molecule has 4 nitrogen and oxygen atoms in total. The summed E-state index contributed by atoms with van der Waals surface area (Å²) in [6.07, 6.45) is 5.76. The summed E-state index contributed by atoms with van der Waals surface area (Å²) in [7, 11) is 0. The van der Waals surface area contributed by atoms with Gasteiger partial charge in [-0.2, -0.15) is 0 Å². The molecule has 3 N–H and O–H groups in total. The fourth-order valence-corrected chi connectivity index (χ4v) is 2.23. The Morgan fingerprint density at radius 3 is 2.94 bits per heavy atom. The Kier molecular flexibility index (Phi) is 5.77. The topological polar surface area (TPSA) is 72.5 Å². The first-order chi connectivity index (χ1) is 7.67. The minimum Gasteiger partial charge on any atom is -0.461 e. The standard InChI is InChI=1S/C12H23NO3/c1-2-9-4-3-5-10(8-9)16-12(15)11(13)6-7-14/h9-11,14H,2-8,13H2,1H3/t9?,10?,11-/m1/s1. The lowest BCUT2D eigenvalue weighted by Crippen LogP contribution is -2.37. The number of hydrogen-bond donors (Lipinski definition) is 2. The second-order valence-electron chi connectivity index (χ2n) is 4.62. The molecular weight excluding hydrogens is 206 g/mol. The van der Waals surface area contributed by atoms with Crippen molar-refractivity contribution in [2.75, 3.05) is 6.61 Å². The van der Waals surface area contributed by atoms with Gasteiger partial charge in [-0.05, 0) is 31.6 Å². The van der Waals surface area contributed by atoms with Crippen molar-refractivity contribution < 1.29 is 14.6 Å². The largest absolute Gasteiger partial charge is 0.461 e. The Morgan fingerprint density at radius 2 is 2.31 bits per heavy atom. The minimum absolute atomic E-state index is 0.0379. The summed E-state index contributed by atoms with van der Waals surface area (Å²) < 4.78 is 5.36. The van der Waals surface area contributed by atoms with Gasteiger partial charge in [0.1, 0.15) is 12.1 Å². The highest BCUT2D eigenvalue weighted by Gasteiger charge is 2.25. The number of carbonyl (C=O) groups is 1. The molecule has 0 aromatic carbocycles. The third-order valence-corrected chi connectivity index (χ3v) is 3.34. The highest BCUT2D eigenvalue weighted by Crippen LogP contribution is 2.28. The fraction of sp³-hybridized carbons (Fsp3) is 0.917. The van der Waals surface area contributed by atoms with Gasteiger partial charge in [0.25, 0.3) is 0 Å². The van der Waals surface area contributed by atoms with Crippen LogP contribution in [0, 0.1) is 5.92 Å². The van der Waals surface area contributed by atoms with E-state index in [0.29, 0.717) is 5.92 Å². The molecule has 1 aliphatic carbocycles. The van der Waals surface area contributed by atoms with Crippen molar-refractivity contribution >= 4 is 5.97 Å². The van der Waals surface area contributed by atoms with Gasteiger partial charge >= 0.3 is 5.97 Å². The fourth-order valence-electron chi connectivity index (χ4n) is 2.23. The van der Waals surface area contributed by atoms with Crippen LogP contribution in [0.15, 0.2) is 0 Å². The maximum atomic E-state index is 11.5. The monoisotopic (exact) mass is 229 g/mol. The van der Waals surface area contributed by atoms with E-state index in [0.717, 1.165) is 25.7 Å². The molecule has 1 fully saturated rings. The maximum absolute atomic E-state index is 11.5. The molecule has 0 aromatic heterocycles. The van der Waals surface area contributed by atoms with Gasteiger partial charge in [0.05, 0.1) is 0 Å². The molecule has 1 rings (SSSR count). The lowest BCUT2D eigenvalue weighted by Gasteiger charge is -2.28. The van der Waals surface area contributed by atoms with Crippen LogP contribution in [0.5, 0.6) is 0 Å². The van der Waals surface area contributed by atoms with Crippen LogP contribution in [-0.2, 0) is 9.53 Å². The van der Waals surface area contributed by atoms with Gasteiger partial charge < -0.3 is 15.6 Å². The Balaban J connectivity index is 2.32. The maximum Gasteiger partial charge on any atom is 0.323 e. The van der Waals surface area contributed by atoms with Gasteiger partial charge in [-0.15, -0.1) is 0 Å². The van der Waals surface area contributed by atoms with Crippen molar-refractivity contribution in [2.45, 2.75) is 57.6 Å². The number of aliphatic hydroxyl groups excluding tert-OH is 1. The molecule has 94 valence electrons. The molecule has 16 heavy (non-hydrogen) atoms. The van der Waals surface area contributed by atoms with E-state index < -0.39 is 6.04 Å².